The molecule has 3 rings (SSSR count). The summed E-state index contributed by atoms with van der Waals surface area (Å²) in [7, 11) is 0. The first-order valence-electron chi connectivity index (χ1n) is 5.62. The summed E-state index contributed by atoms with van der Waals surface area (Å²) >= 11 is 1.96. The molecule has 1 aliphatic heterocycles. The molecule has 0 aromatic carbocycles. The molecular formula is C11H14N2O2S. The normalized spacial score (nSPS) is 28.2. The minimum Gasteiger partial charge on any atom is -0.481 e. The van der Waals surface area contributed by atoms with E-state index < -0.39 is 5.97 Å². The van der Waals surface area contributed by atoms with E-state index in [0.717, 1.165) is 17.1 Å². The summed E-state index contributed by atoms with van der Waals surface area (Å²) in [6.07, 6.45) is 2.47. The number of aromatic amines is 1. The Hall–Kier alpha value is -0.970. The van der Waals surface area contributed by atoms with E-state index in [2.05, 4.69) is 10.2 Å². The van der Waals surface area contributed by atoms with E-state index in [1.165, 1.54) is 17.7 Å². The Morgan fingerprint density at radius 2 is 2.38 bits per heavy atom. The second-order valence-electron chi connectivity index (χ2n) is 4.57. The molecule has 1 fully saturated rings. The molecule has 1 aromatic heterocycles. The number of aromatic nitrogens is 2. The van der Waals surface area contributed by atoms with Crippen molar-refractivity contribution in [1.82, 2.24) is 10.2 Å². The van der Waals surface area contributed by atoms with Crippen LogP contribution in [0, 0.1) is 5.92 Å². The number of carboxylic acid groups (broad SMARTS) is 1. The van der Waals surface area contributed by atoms with Crippen LogP contribution >= 0.6 is 11.8 Å². The molecule has 0 amide bonds. The summed E-state index contributed by atoms with van der Waals surface area (Å²) in [6, 6.07) is 0. The van der Waals surface area contributed by atoms with Crippen molar-refractivity contribution in [3.8, 4) is 0 Å². The van der Waals surface area contributed by atoms with Gasteiger partial charge in [-0.2, -0.15) is 16.9 Å². The zero-order valence-corrected chi connectivity index (χ0v) is 9.72. The minimum absolute atomic E-state index is 0.239. The van der Waals surface area contributed by atoms with Crippen LogP contribution in [-0.4, -0.2) is 32.8 Å². The van der Waals surface area contributed by atoms with Gasteiger partial charge in [0.1, 0.15) is 0 Å². The Labute approximate surface area is 97.8 Å². The average molecular weight is 238 g/mol. The summed E-state index contributed by atoms with van der Waals surface area (Å²) in [4.78, 5) is 11.0. The molecule has 2 N–H and O–H groups in total. The molecule has 0 spiro atoms. The number of carbonyl (C=O) groups is 1. The Morgan fingerprint density at radius 3 is 3.06 bits per heavy atom. The van der Waals surface area contributed by atoms with Gasteiger partial charge >= 0.3 is 5.97 Å². The molecule has 2 unspecified atom stereocenters. The quantitative estimate of drug-likeness (QED) is 0.818. The van der Waals surface area contributed by atoms with Gasteiger partial charge in [0, 0.05) is 23.8 Å². The van der Waals surface area contributed by atoms with Gasteiger partial charge in [0.2, 0.25) is 0 Å². The van der Waals surface area contributed by atoms with Crippen LogP contribution in [0.1, 0.15) is 29.3 Å². The number of aliphatic carboxylic acids is 1. The third-order valence-electron chi connectivity index (χ3n) is 3.55. The van der Waals surface area contributed by atoms with Crippen LogP contribution in [0.15, 0.2) is 0 Å². The molecule has 86 valence electrons. The lowest BCUT2D eigenvalue weighted by molar-refractivity contribution is -0.141. The zero-order valence-electron chi connectivity index (χ0n) is 8.90. The van der Waals surface area contributed by atoms with E-state index in [9.17, 15) is 4.79 Å². The molecule has 16 heavy (non-hydrogen) atoms. The molecule has 1 aliphatic carbocycles. The highest BCUT2D eigenvalue weighted by atomic mass is 32.2. The van der Waals surface area contributed by atoms with Crippen molar-refractivity contribution >= 4 is 17.7 Å². The van der Waals surface area contributed by atoms with Crippen molar-refractivity contribution in [2.45, 2.75) is 25.2 Å². The number of H-pyrrole nitrogens is 1. The fourth-order valence-electron chi connectivity index (χ4n) is 2.64. The van der Waals surface area contributed by atoms with E-state index in [-0.39, 0.29) is 5.92 Å². The van der Waals surface area contributed by atoms with Gasteiger partial charge in [-0.3, -0.25) is 9.89 Å². The summed E-state index contributed by atoms with van der Waals surface area (Å²) in [5.41, 5.74) is 3.39. The van der Waals surface area contributed by atoms with Gasteiger partial charge in [0.05, 0.1) is 11.6 Å². The summed E-state index contributed by atoms with van der Waals surface area (Å²) < 4.78 is 0. The van der Waals surface area contributed by atoms with E-state index in [4.69, 9.17) is 5.11 Å². The van der Waals surface area contributed by atoms with Gasteiger partial charge in [0.25, 0.3) is 0 Å². The highest BCUT2D eigenvalue weighted by Crippen LogP contribution is 2.37. The van der Waals surface area contributed by atoms with Crippen LogP contribution < -0.4 is 0 Å². The van der Waals surface area contributed by atoms with Crippen LogP contribution in [0.5, 0.6) is 0 Å². The molecular weight excluding hydrogens is 224 g/mol. The smallest absolute Gasteiger partial charge is 0.307 e. The Bertz CT molecular complexity index is 424. The Balaban J connectivity index is 1.86. The fraction of sp³-hybridized carbons (Fsp3) is 0.636. The maximum atomic E-state index is 11.0. The van der Waals surface area contributed by atoms with Crippen molar-refractivity contribution in [2.24, 2.45) is 5.92 Å². The standard InChI is InChI=1S/C11H14N2O2S/c14-11(15)7-3-8-9(4-7)12-13-10(8)6-1-2-16-5-6/h6-7H,1-5H2,(H,12,13)(H,14,15). The SMILES string of the molecule is O=C(O)C1Cc2[nH]nc(C3CCSC3)c2C1. The highest BCUT2D eigenvalue weighted by Gasteiger charge is 2.34. The second-order valence-corrected chi connectivity index (χ2v) is 5.72. The van der Waals surface area contributed by atoms with E-state index >= 15 is 0 Å². The first kappa shape index (κ1) is 10.2. The lowest BCUT2D eigenvalue weighted by atomic mass is 9.99. The third kappa shape index (κ3) is 1.54. The Kier molecular flexibility index (Phi) is 2.42. The second kappa shape index (κ2) is 3.80. The van der Waals surface area contributed by atoms with Gasteiger partial charge in [-0.25, -0.2) is 0 Å². The number of nitrogens with zero attached hydrogens (tertiary/aromatic N) is 1. The molecule has 4 nitrogen and oxygen atoms in total. The number of carboxylic acids is 1. The van der Waals surface area contributed by atoms with E-state index in [0.29, 0.717) is 18.8 Å². The van der Waals surface area contributed by atoms with Crippen LogP contribution in [0.25, 0.3) is 0 Å². The molecule has 1 aromatic rings. The lowest BCUT2D eigenvalue weighted by Gasteiger charge is -2.07. The zero-order chi connectivity index (χ0) is 11.1. The molecule has 1 saturated heterocycles. The van der Waals surface area contributed by atoms with Gasteiger partial charge in [-0.1, -0.05) is 0 Å². The van der Waals surface area contributed by atoms with Crippen molar-refractivity contribution in [3.63, 3.8) is 0 Å². The van der Waals surface area contributed by atoms with E-state index in [1.54, 1.807) is 0 Å². The van der Waals surface area contributed by atoms with Gasteiger partial charge < -0.3 is 5.11 Å². The third-order valence-corrected chi connectivity index (χ3v) is 4.71. The largest absolute Gasteiger partial charge is 0.481 e. The van der Waals surface area contributed by atoms with Crippen molar-refractivity contribution in [1.29, 1.82) is 0 Å². The van der Waals surface area contributed by atoms with Crippen molar-refractivity contribution in [3.05, 3.63) is 17.0 Å². The molecule has 2 aliphatic rings. The number of hydrogen-bond donors (Lipinski definition) is 2. The van der Waals surface area contributed by atoms with E-state index in [1.807, 2.05) is 11.8 Å². The summed E-state index contributed by atoms with van der Waals surface area (Å²) in [5.74, 6) is 1.95. The molecule has 2 atom stereocenters. The maximum Gasteiger partial charge on any atom is 0.307 e. The van der Waals surface area contributed by atoms with Crippen LogP contribution in [0.3, 0.4) is 0 Å². The van der Waals surface area contributed by atoms with Crippen LogP contribution in [0.2, 0.25) is 0 Å². The first-order valence-corrected chi connectivity index (χ1v) is 6.77. The predicted molar refractivity (Wildman–Crippen MR) is 61.8 cm³/mol. The van der Waals surface area contributed by atoms with Gasteiger partial charge in [-0.05, 0) is 24.2 Å². The monoisotopic (exact) mass is 238 g/mol. The van der Waals surface area contributed by atoms with Gasteiger partial charge in [-0.15, -0.1) is 0 Å². The number of thioether (sulfide) groups is 1. The number of rotatable bonds is 2. The molecule has 0 bridgehead atoms. The first-order chi connectivity index (χ1) is 7.75. The van der Waals surface area contributed by atoms with Crippen molar-refractivity contribution in [2.75, 3.05) is 11.5 Å². The predicted octanol–water partition coefficient (Wildman–Crippen LogP) is 1.43. The lowest BCUT2D eigenvalue weighted by Crippen LogP contribution is -2.14. The maximum absolute atomic E-state index is 11.0. The molecule has 0 saturated carbocycles. The highest BCUT2D eigenvalue weighted by molar-refractivity contribution is 7.99. The van der Waals surface area contributed by atoms with Gasteiger partial charge in [0.15, 0.2) is 0 Å². The molecule has 2 heterocycles. The topological polar surface area (TPSA) is 66.0 Å². The van der Waals surface area contributed by atoms with Crippen LogP contribution in [0.4, 0.5) is 0 Å². The molecule has 0 radical (unpaired) electrons. The number of hydrogen-bond acceptors (Lipinski definition) is 3. The fourth-order valence-corrected chi connectivity index (χ4v) is 3.87. The summed E-state index contributed by atoms with van der Waals surface area (Å²) in [6.45, 7) is 0. The number of fused-ring (bicyclic) bond motifs is 1. The van der Waals surface area contributed by atoms with Crippen LogP contribution in [-0.2, 0) is 17.6 Å². The summed E-state index contributed by atoms with van der Waals surface area (Å²) in [5, 5.41) is 16.4. The minimum atomic E-state index is -0.684. The molecule has 5 heteroatoms. The average Bonchev–Trinajstić information content (AvgIpc) is 2.92. The Morgan fingerprint density at radius 1 is 1.50 bits per heavy atom. The number of nitrogens with one attached hydrogen (secondary N) is 1. The van der Waals surface area contributed by atoms with Crippen molar-refractivity contribution < 1.29 is 9.90 Å².